The number of carbonyl (C=O) groups is 1. The third kappa shape index (κ3) is 3.24. The summed E-state index contributed by atoms with van der Waals surface area (Å²) in [6, 6.07) is 7.93. The largest absolute Gasteiger partial charge is 0.298 e. The maximum Gasteiger partial charge on any atom is 0.258 e. The molecule has 138 valence electrons. The van der Waals surface area contributed by atoms with Gasteiger partial charge in [-0.25, -0.2) is 4.98 Å². The third-order valence-corrected chi connectivity index (χ3v) is 6.31. The first-order valence-corrected chi connectivity index (χ1v) is 10.5. The number of aryl methyl sites for hydroxylation is 1. The van der Waals surface area contributed by atoms with Gasteiger partial charge >= 0.3 is 0 Å². The Hall–Kier alpha value is -2.31. The maximum atomic E-state index is 13.2. The predicted octanol–water partition coefficient (Wildman–Crippen LogP) is 4.03. The number of nitrogens with zero attached hydrogens (tertiary/aromatic N) is 3. The molecule has 3 aromatic rings. The number of thiazole rings is 1. The Labute approximate surface area is 162 Å². The summed E-state index contributed by atoms with van der Waals surface area (Å²) in [4.78, 5) is 25.0. The molecular formula is C21H22N4OS. The van der Waals surface area contributed by atoms with Crippen molar-refractivity contribution in [1.82, 2.24) is 14.9 Å². The highest BCUT2D eigenvalue weighted by Gasteiger charge is 2.24. The summed E-state index contributed by atoms with van der Waals surface area (Å²) >= 11 is 1.51. The number of aromatic nitrogens is 2. The first-order valence-electron chi connectivity index (χ1n) is 9.66. The molecule has 0 bridgehead atoms. The molecule has 1 amide bonds. The molecule has 1 aromatic carbocycles. The van der Waals surface area contributed by atoms with Gasteiger partial charge in [0, 0.05) is 23.0 Å². The standard InChI is InChI=1S/C21H22N4OS/c26-20(24-21-22-14(13-27-21)12-25-10-3-4-11-25)19-15-6-1-2-8-17(15)23-18-9-5-7-16(18)19/h1-2,6,8,13H,3-5,7,9-12H2,(H,22,24,26). The Bertz CT molecular complexity index is 1010. The lowest BCUT2D eigenvalue weighted by molar-refractivity contribution is 0.102. The summed E-state index contributed by atoms with van der Waals surface area (Å²) in [6.07, 6.45) is 5.49. The normalized spacial score (nSPS) is 16.7. The van der Waals surface area contributed by atoms with Crippen molar-refractivity contribution in [3.05, 3.63) is 52.2 Å². The predicted molar refractivity (Wildman–Crippen MR) is 108 cm³/mol. The molecule has 1 N–H and O–H groups in total. The van der Waals surface area contributed by atoms with Gasteiger partial charge in [0.1, 0.15) is 0 Å². The third-order valence-electron chi connectivity index (χ3n) is 5.50. The quantitative estimate of drug-likeness (QED) is 0.745. The van der Waals surface area contributed by atoms with Crippen molar-refractivity contribution in [3.8, 4) is 0 Å². The molecule has 0 spiro atoms. The van der Waals surface area contributed by atoms with Crippen molar-refractivity contribution < 1.29 is 4.79 Å². The number of carbonyl (C=O) groups excluding carboxylic acids is 1. The molecule has 1 aliphatic heterocycles. The fourth-order valence-electron chi connectivity index (χ4n) is 4.24. The van der Waals surface area contributed by atoms with E-state index in [0.717, 1.165) is 72.3 Å². The minimum absolute atomic E-state index is 0.0613. The second-order valence-corrected chi connectivity index (χ2v) is 8.22. The van der Waals surface area contributed by atoms with Crippen LogP contribution in [0, 0.1) is 0 Å². The van der Waals surface area contributed by atoms with E-state index < -0.39 is 0 Å². The van der Waals surface area contributed by atoms with Crippen molar-refractivity contribution in [1.29, 1.82) is 0 Å². The topological polar surface area (TPSA) is 58.1 Å². The monoisotopic (exact) mass is 378 g/mol. The number of hydrogen-bond donors (Lipinski definition) is 1. The van der Waals surface area contributed by atoms with Crippen LogP contribution in [0.25, 0.3) is 10.9 Å². The molecule has 0 saturated carbocycles. The molecule has 6 heteroatoms. The number of rotatable bonds is 4. The van der Waals surface area contributed by atoms with Crippen LogP contribution in [0.3, 0.4) is 0 Å². The number of fused-ring (bicyclic) bond motifs is 2. The molecule has 2 aliphatic rings. The van der Waals surface area contributed by atoms with Crippen LogP contribution in [0.15, 0.2) is 29.6 Å². The summed E-state index contributed by atoms with van der Waals surface area (Å²) in [5.41, 5.74) is 4.91. The number of amides is 1. The highest BCUT2D eigenvalue weighted by atomic mass is 32.1. The SMILES string of the molecule is O=C(Nc1nc(CN2CCCC2)cs1)c1c2c(nc3ccccc13)CCC2. The van der Waals surface area contributed by atoms with E-state index in [0.29, 0.717) is 5.13 Å². The van der Waals surface area contributed by atoms with E-state index in [1.165, 1.54) is 24.2 Å². The average Bonchev–Trinajstić information content (AvgIpc) is 3.42. The molecule has 2 aromatic heterocycles. The lowest BCUT2D eigenvalue weighted by atomic mass is 10.0. The van der Waals surface area contributed by atoms with E-state index in [-0.39, 0.29) is 5.91 Å². The molecular weight excluding hydrogens is 356 g/mol. The number of pyridine rings is 1. The van der Waals surface area contributed by atoms with Gasteiger partial charge in [0.15, 0.2) is 5.13 Å². The molecule has 1 fully saturated rings. The van der Waals surface area contributed by atoms with Crippen LogP contribution in [0.5, 0.6) is 0 Å². The second kappa shape index (κ2) is 7.02. The zero-order chi connectivity index (χ0) is 18.2. The lowest BCUT2D eigenvalue weighted by Crippen LogP contribution is -2.19. The van der Waals surface area contributed by atoms with Gasteiger partial charge in [-0.05, 0) is 56.8 Å². The van der Waals surface area contributed by atoms with Crippen LogP contribution in [0.2, 0.25) is 0 Å². The van der Waals surface area contributed by atoms with E-state index in [1.807, 2.05) is 24.3 Å². The Kier molecular flexibility index (Phi) is 4.38. The number of benzene rings is 1. The molecule has 3 heterocycles. The number of para-hydroxylation sites is 1. The second-order valence-electron chi connectivity index (χ2n) is 7.36. The van der Waals surface area contributed by atoms with Crippen molar-refractivity contribution in [2.75, 3.05) is 18.4 Å². The van der Waals surface area contributed by atoms with Crippen LogP contribution in [-0.2, 0) is 19.4 Å². The number of anilines is 1. The minimum Gasteiger partial charge on any atom is -0.298 e. The van der Waals surface area contributed by atoms with Gasteiger partial charge in [-0.1, -0.05) is 18.2 Å². The molecule has 0 unspecified atom stereocenters. The fourth-order valence-corrected chi connectivity index (χ4v) is 4.93. The van der Waals surface area contributed by atoms with Crippen LogP contribution >= 0.6 is 11.3 Å². The van der Waals surface area contributed by atoms with Gasteiger partial charge < -0.3 is 0 Å². The Morgan fingerprint density at radius 1 is 1.11 bits per heavy atom. The van der Waals surface area contributed by atoms with Crippen LogP contribution in [-0.4, -0.2) is 33.9 Å². The van der Waals surface area contributed by atoms with Gasteiger partial charge in [-0.15, -0.1) is 11.3 Å². The Balaban J connectivity index is 1.42. The fraction of sp³-hybridized carbons (Fsp3) is 0.381. The van der Waals surface area contributed by atoms with E-state index >= 15 is 0 Å². The number of nitrogens with one attached hydrogen (secondary N) is 1. The molecule has 1 saturated heterocycles. The summed E-state index contributed by atoms with van der Waals surface area (Å²) in [7, 11) is 0. The van der Waals surface area contributed by atoms with Crippen molar-refractivity contribution >= 4 is 33.3 Å². The number of likely N-dealkylation sites (tertiary alicyclic amines) is 1. The summed E-state index contributed by atoms with van der Waals surface area (Å²) in [5.74, 6) is -0.0613. The molecule has 5 nitrogen and oxygen atoms in total. The maximum absolute atomic E-state index is 13.2. The molecule has 0 radical (unpaired) electrons. The van der Waals surface area contributed by atoms with Gasteiger partial charge in [0.05, 0.1) is 16.8 Å². The van der Waals surface area contributed by atoms with Gasteiger partial charge in [-0.3, -0.25) is 20.0 Å². The average molecular weight is 379 g/mol. The Morgan fingerprint density at radius 3 is 2.85 bits per heavy atom. The van der Waals surface area contributed by atoms with Crippen molar-refractivity contribution in [2.45, 2.75) is 38.6 Å². The smallest absolute Gasteiger partial charge is 0.258 e. The first kappa shape index (κ1) is 16.8. The lowest BCUT2D eigenvalue weighted by Gasteiger charge is -2.12. The zero-order valence-electron chi connectivity index (χ0n) is 15.2. The zero-order valence-corrected chi connectivity index (χ0v) is 16.0. The molecule has 27 heavy (non-hydrogen) atoms. The summed E-state index contributed by atoms with van der Waals surface area (Å²) < 4.78 is 0. The highest BCUT2D eigenvalue weighted by molar-refractivity contribution is 7.14. The summed E-state index contributed by atoms with van der Waals surface area (Å²) in [6.45, 7) is 3.17. The van der Waals surface area contributed by atoms with Crippen molar-refractivity contribution in [3.63, 3.8) is 0 Å². The Morgan fingerprint density at radius 2 is 1.96 bits per heavy atom. The summed E-state index contributed by atoms with van der Waals surface area (Å²) in [5, 5.41) is 6.72. The minimum atomic E-state index is -0.0613. The van der Waals surface area contributed by atoms with Crippen LogP contribution < -0.4 is 5.32 Å². The number of hydrogen-bond acceptors (Lipinski definition) is 5. The van der Waals surface area contributed by atoms with Gasteiger partial charge in [0.25, 0.3) is 5.91 Å². The van der Waals surface area contributed by atoms with Crippen LogP contribution in [0.1, 0.15) is 46.6 Å². The molecule has 0 atom stereocenters. The van der Waals surface area contributed by atoms with Crippen molar-refractivity contribution in [2.24, 2.45) is 0 Å². The highest BCUT2D eigenvalue weighted by Crippen LogP contribution is 2.31. The van der Waals surface area contributed by atoms with Gasteiger partial charge in [0.2, 0.25) is 0 Å². The van der Waals surface area contributed by atoms with E-state index in [4.69, 9.17) is 4.98 Å². The van der Waals surface area contributed by atoms with E-state index in [1.54, 1.807) is 0 Å². The van der Waals surface area contributed by atoms with E-state index in [9.17, 15) is 4.79 Å². The molecule has 1 aliphatic carbocycles. The van der Waals surface area contributed by atoms with E-state index in [2.05, 4.69) is 20.6 Å². The molecule has 5 rings (SSSR count). The first-order chi connectivity index (χ1) is 13.3. The van der Waals surface area contributed by atoms with Gasteiger partial charge in [-0.2, -0.15) is 0 Å². The van der Waals surface area contributed by atoms with Crippen LogP contribution in [0.4, 0.5) is 5.13 Å².